The monoisotopic (exact) mass is 334 g/mol. The van der Waals surface area contributed by atoms with E-state index in [1.165, 1.54) is 57.4 Å². The second-order valence-electron chi connectivity index (χ2n) is 6.35. The Morgan fingerprint density at radius 2 is 1.96 bits per heavy atom. The molecule has 0 unspecified atom stereocenters. The van der Waals surface area contributed by atoms with Gasteiger partial charge in [0.25, 0.3) is 0 Å². The Hall–Kier alpha value is -1.26. The van der Waals surface area contributed by atoms with Gasteiger partial charge in [0.2, 0.25) is 0 Å². The van der Waals surface area contributed by atoms with E-state index in [4.69, 9.17) is 17.0 Å². The van der Waals surface area contributed by atoms with Gasteiger partial charge in [0.05, 0.1) is 17.4 Å². The van der Waals surface area contributed by atoms with E-state index >= 15 is 0 Å². The molecule has 2 aliphatic rings. The van der Waals surface area contributed by atoms with Crippen LogP contribution in [0.1, 0.15) is 51.4 Å². The highest BCUT2D eigenvalue weighted by Crippen LogP contribution is 2.33. The predicted molar refractivity (Wildman–Crippen MR) is 100 cm³/mol. The van der Waals surface area contributed by atoms with Crippen LogP contribution >= 0.6 is 11.6 Å². The Bertz CT molecular complexity index is 497. The Morgan fingerprint density at radius 3 is 2.57 bits per heavy atom. The highest BCUT2D eigenvalue weighted by molar-refractivity contribution is 6.48. The van der Waals surface area contributed by atoms with Crippen LogP contribution in [0.2, 0.25) is 0 Å². The number of nitrogens with one attached hydrogen (secondary N) is 2. The molecule has 126 valence electrons. The molecule has 0 spiro atoms. The van der Waals surface area contributed by atoms with Gasteiger partial charge >= 0.3 is 0 Å². The lowest BCUT2D eigenvalue weighted by molar-refractivity contribution is 0.378. The van der Waals surface area contributed by atoms with Crippen LogP contribution in [-0.4, -0.2) is 31.4 Å². The van der Waals surface area contributed by atoms with E-state index in [9.17, 15) is 0 Å². The maximum atomic E-state index is 7.69. The smallest absolute Gasteiger partial charge is 0.0894 e. The molecular formula is C18H27ClN4. The molecule has 2 rings (SSSR count). The summed E-state index contributed by atoms with van der Waals surface area (Å²) in [6.07, 6.45) is 14.8. The van der Waals surface area contributed by atoms with Crippen LogP contribution in [-0.2, 0) is 0 Å². The average Bonchev–Trinajstić information content (AvgIpc) is 3.39. The van der Waals surface area contributed by atoms with Crippen molar-refractivity contribution in [1.82, 2.24) is 5.32 Å². The predicted octanol–water partition coefficient (Wildman–Crippen LogP) is 4.46. The lowest BCUT2D eigenvalue weighted by Crippen LogP contribution is -2.31. The van der Waals surface area contributed by atoms with E-state index in [1.807, 2.05) is 0 Å². The number of rotatable bonds is 9. The summed E-state index contributed by atoms with van der Waals surface area (Å²) in [6.45, 7) is 3.97. The molecule has 2 N–H and O–H groups in total. The fourth-order valence-corrected chi connectivity index (χ4v) is 3.12. The molecule has 0 aromatic carbocycles. The normalized spacial score (nSPS) is 21.3. The maximum absolute atomic E-state index is 7.69. The first-order valence-electron chi connectivity index (χ1n) is 8.55. The van der Waals surface area contributed by atoms with Gasteiger partial charge in [-0.3, -0.25) is 15.3 Å². The highest BCUT2D eigenvalue weighted by atomic mass is 35.5. The summed E-state index contributed by atoms with van der Waals surface area (Å²) in [5.74, 6) is 0.770. The van der Waals surface area contributed by atoms with Gasteiger partial charge in [-0.25, -0.2) is 0 Å². The van der Waals surface area contributed by atoms with Gasteiger partial charge in [0.15, 0.2) is 0 Å². The number of allylic oxidation sites excluding steroid dienone is 3. The molecule has 2 aliphatic carbocycles. The fraction of sp³-hybridized carbons (Fsp3) is 0.611. The molecule has 2 fully saturated rings. The van der Waals surface area contributed by atoms with Crippen molar-refractivity contribution in [2.75, 3.05) is 6.67 Å². The largest absolute Gasteiger partial charge is 0.308 e. The van der Waals surface area contributed by atoms with Crippen molar-refractivity contribution < 1.29 is 0 Å². The summed E-state index contributed by atoms with van der Waals surface area (Å²) in [5, 5.41) is 11.6. The van der Waals surface area contributed by atoms with Crippen molar-refractivity contribution in [2.24, 2.45) is 15.9 Å². The maximum Gasteiger partial charge on any atom is 0.0894 e. The fourth-order valence-electron chi connectivity index (χ4n) is 2.88. The molecule has 0 aliphatic heterocycles. The molecule has 0 saturated heterocycles. The van der Waals surface area contributed by atoms with E-state index in [2.05, 4.69) is 28.1 Å². The van der Waals surface area contributed by atoms with Crippen LogP contribution in [0, 0.1) is 11.3 Å². The van der Waals surface area contributed by atoms with Gasteiger partial charge < -0.3 is 5.41 Å². The minimum atomic E-state index is 0.441. The Kier molecular flexibility index (Phi) is 7.69. The molecule has 0 atom stereocenters. The second-order valence-corrected chi connectivity index (χ2v) is 6.75. The molecular weight excluding hydrogens is 308 g/mol. The van der Waals surface area contributed by atoms with Crippen LogP contribution in [0.3, 0.4) is 0 Å². The summed E-state index contributed by atoms with van der Waals surface area (Å²) in [5.41, 5.74) is 1.41. The lowest BCUT2D eigenvalue weighted by Gasteiger charge is -2.22. The van der Waals surface area contributed by atoms with Gasteiger partial charge in [-0.2, -0.15) is 0 Å². The third-order valence-electron chi connectivity index (χ3n) is 4.45. The number of halogens is 1. The van der Waals surface area contributed by atoms with E-state index in [1.54, 1.807) is 0 Å². The minimum absolute atomic E-state index is 0.441. The number of hydrogen-bond donors (Lipinski definition) is 2. The van der Waals surface area contributed by atoms with Crippen LogP contribution < -0.4 is 5.32 Å². The number of nitrogens with zero attached hydrogens (tertiary/aromatic N) is 2. The first-order chi connectivity index (χ1) is 11.2. The Labute approximate surface area is 144 Å². The Balaban J connectivity index is 2.03. The summed E-state index contributed by atoms with van der Waals surface area (Å²) < 4.78 is 0. The van der Waals surface area contributed by atoms with Gasteiger partial charge in [0.1, 0.15) is 0 Å². The summed E-state index contributed by atoms with van der Waals surface area (Å²) >= 11 is 6.30. The zero-order valence-electron chi connectivity index (χ0n) is 13.7. The van der Waals surface area contributed by atoms with Crippen LogP contribution in [0.5, 0.6) is 0 Å². The van der Waals surface area contributed by atoms with Crippen molar-refractivity contribution in [3.8, 4) is 0 Å². The third-order valence-corrected chi connectivity index (χ3v) is 4.73. The topological polar surface area (TPSA) is 60.6 Å². The van der Waals surface area contributed by atoms with Gasteiger partial charge in [-0.1, -0.05) is 36.9 Å². The van der Waals surface area contributed by atoms with Crippen molar-refractivity contribution >= 4 is 30.2 Å². The first kappa shape index (κ1) is 18.1. The quantitative estimate of drug-likeness (QED) is 0.601. The van der Waals surface area contributed by atoms with Gasteiger partial charge in [-0.15, -0.1) is 0 Å². The molecule has 0 aromatic heterocycles. The standard InChI is InChI=1S/C18H27ClN4/c1-21-12-17(19)18(15(11-20)10-9-14-7-8-14)23-13-22-16-5-3-2-4-6-16/h10-12,14,16,20,22H,1-9,13H2/b15-10-,17-12+,20-11?,23-18-. The number of hydrogen-bond acceptors (Lipinski definition) is 4. The summed E-state index contributed by atoms with van der Waals surface area (Å²) in [4.78, 5) is 8.34. The number of aliphatic imine (C=N–C) groups is 2. The second kappa shape index (κ2) is 9.78. The van der Waals surface area contributed by atoms with Crippen molar-refractivity contribution in [2.45, 2.75) is 57.4 Å². The van der Waals surface area contributed by atoms with Crippen molar-refractivity contribution in [1.29, 1.82) is 5.41 Å². The van der Waals surface area contributed by atoms with Crippen LogP contribution in [0.15, 0.2) is 32.9 Å². The molecule has 0 radical (unpaired) electrons. The van der Waals surface area contributed by atoms with Crippen molar-refractivity contribution in [3.63, 3.8) is 0 Å². The molecule has 0 amide bonds. The molecule has 0 heterocycles. The summed E-state index contributed by atoms with van der Waals surface area (Å²) in [6, 6.07) is 0.549. The van der Waals surface area contributed by atoms with E-state index in [0.29, 0.717) is 23.5 Å². The zero-order chi connectivity index (χ0) is 16.5. The minimum Gasteiger partial charge on any atom is -0.308 e. The first-order valence-corrected chi connectivity index (χ1v) is 8.93. The van der Waals surface area contributed by atoms with E-state index in [0.717, 1.165) is 17.9 Å². The van der Waals surface area contributed by atoms with Gasteiger partial charge in [0, 0.05) is 24.0 Å². The van der Waals surface area contributed by atoms with Crippen LogP contribution in [0.4, 0.5) is 0 Å². The lowest BCUT2D eigenvalue weighted by atomic mass is 9.96. The van der Waals surface area contributed by atoms with E-state index in [-0.39, 0.29) is 0 Å². The molecule has 23 heavy (non-hydrogen) atoms. The third kappa shape index (κ3) is 6.40. The molecule has 0 bridgehead atoms. The SMILES string of the molecule is C=N\C=C(Cl)/C(=N\CNC1CCCCC1)C(/C=N)=C\CC1CC1. The highest BCUT2D eigenvalue weighted by Gasteiger charge is 2.20. The van der Waals surface area contributed by atoms with Crippen molar-refractivity contribution in [3.05, 3.63) is 22.9 Å². The van der Waals surface area contributed by atoms with E-state index < -0.39 is 0 Å². The molecule has 4 nitrogen and oxygen atoms in total. The zero-order valence-corrected chi connectivity index (χ0v) is 14.5. The molecule has 0 aromatic rings. The molecule has 5 heteroatoms. The summed E-state index contributed by atoms with van der Waals surface area (Å²) in [7, 11) is 0. The van der Waals surface area contributed by atoms with Gasteiger partial charge in [-0.05, 0) is 44.7 Å². The molecule has 2 saturated carbocycles. The van der Waals surface area contributed by atoms with Crippen LogP contribution in [0.25, 0.3) is 0 Å². The average molecular weight is 335 g/mol. The Morgan fingerprint density at radius 1 is 1.22 bits per heavy atom.